The van der Waals surface area contributed by atoms with E-state index in [1.807, 2.05) is 6.92 Å². The van der Waals surface area contributed by atoms with Crippen LogP contribution in [0.25, 0.3) is 0 Å². The molecule has 1 heterocycles. The summed E-state index contributed by atoms with van der Waals surface area (Å²) in [6, 6.07) is -0.140. The number of aromatic nitrogens is 2. The summed E-state index contributed by atoms with van der Waals surface area (Å²) in [5.74, 6) is 1.17. The Morgan fingerprint density at radius 2 is 2.29 bits per heavy atom. The van der Waals surface area contributed by atoms with Gasteiger partial charge >= 0.3 is 0 Å². The number of hydrogen-bond acceptors (Lipinski definition) is 5. The monoisotopic (exact) mass is 199 g/mol. The number of hydrogen-bond donors (Lipinski definition) is 1. The van der Waals surface area contributed by atoms with E-state index < -0.39 is 0 Å². The minimum absolute atomic E-state index is 0.140. The fourth-order valence-corrected chi connectivity index (χ4v) is 1.06. The minimum Gasteiger partial charge on any atom is -0.424 e. The van der Waals surface area contributed by atoms with Gasteiger partial charge in [-0.3, -0.25) is 0 Å². The summed E-state index contributed by atoms with van der Waals surface area (Å²) in [5, 5.41) is 7.79. The summed E-state index contributed by atoms with van der Waals surface area (Å²) < 4.78 is 10.3. The highest BCUT2D eigenvalue weighted by atomic mass is 16.5. The Balaban J connectivity index is 2.42. The molecule has 1 aromatic heterocycles. The standard InChI is InChI=1S/C9H17N3O2/c1-3-7(10)9-12-11-8(14-9)5-4-6-13-2/h7H,3-6,10H2,1-2H3. The zero-order valence-electron chi connectivity index (χ0n) is 8.69. The van der Waals surface area contributed by atoms with E-state index in [4.69, 9.17) is 14.9 Å². The maximum Gasteiger partial charge on any atom is 0.233 e. The van der Waals surface area contributed by atoms with Crippen molar-refractivity contribution in [2.24, 2.45) is 5.73 Å². The smallest absolute Gasteiger partial charge is 0.233 e. The second kappa shape index (κ2) is 5.72. The topological polar surface area (TPSA) is 74.2 Å². The van der Waals surface area contributed by atoms with Crippen LogP contribution in [-0.4, -0.2) is 23.9 Å². The van der Waals surface area contributed by atoms with Crippen LogP contribution in [0.1, 0.15) is 37.6 Å². The van der Waals surface area contributed by atoms with Crippen molar-refractivity contribution in [2.75, 3.05) is 13.7 Å². The highest BCUT2D eigenvalue weighted by molar-refractivity contribution is 4.87. The summed E-state index contributed by atoms with van der Waals surface area (Å²) in [6.07, 6.45) is 2.44. The van der Waals surface area contributed by atoms with E-state index in [0.29, 0.717) is 18.4 Å². The van der Waals surface area contributed by atoms with E-state index in [0.717, 1.165) is 19.3 Å². The summed E-state index contributed by atoms with van der Waals surface area (Å²) in [4.78, 5) is 0. The van der Waals surface area contributed by atoms with Crippen LogP contribution in [0.15, 0.2) is 4.42 Å². The van der Waals surface area contributed by atoms with Gasteiger partial charge in [0.15, 0.2) is 0 Å². The fraction of sp³-hybridized carbons (Fsp3) is 0.778. The van der Waals surface area contributed by atoms with Gasteiger partial charge in [0.25, 0.3) is 0 Å². The highest BCUT2D eigenvalue weighted by Crippen LogP contribution is 2.12. The molecular formula is C9H17N3O2. The van der Waals surface area contributed by atoms with Crippen molar-refractivity contribution < 1.29 is 9.15 Å². The molecule has 0 spiro atoms. The van der Waals surface area contributed by atoms with Gasteiger partial charge in [-0.25, -0.2) is 0 Å². The van der Waals surface area contributed by atoms with E-state index in [2.05, 4.69) is 10.2 Å². The minimum atomic E-state index is -0.140. The van der Waals surface area contributed by atoms with Gasteiger partial charge in [-0.15, -0.1) is 10.2 Å². The fourth-order valence-electron chi connectivity index (χ4n) is 1.06. The van der Waals surface area contributed by atoms with Gasteiger partial charge in [0, 0.05) is 20.1 Å². The number of nitrogens with zero attached hydrogens (tertiary/aromatic N) is 2. The lowest BCUT2D eigenvalue weighted by Gasteiger charge is -2.00. The van der Waals surface area contributed by atoms with E-state index in [-0.39, 0.29) is 6.04 Å². The molecule has 0 aromatic carbocycles. The molecule has 0 bridgehead atoms. The Labute approximate surface area is 83.6 Å². The van der Waals surface area contributed by atoms with Crippen molar-refractivity contribution in [1.29, 1.82) is 0 Å². The van der Waals surface area contributed by atoms with Crippen LogP contribution in [0.3, 0.4) is 0 Å². The number of methoxy groups -OCH3 is 1. The van der Waals surface area contributed by atoms with Crippen LogP contribution in [0.5, 0.6) is 0 Å². The Bertz CT molecular complexity index is 262. The molecule has 0 aliphatic carbocycles. The number of nitrogens with two attached hydrogens (primary N) is 1. The summed E-state index contributed by atoms with van der Waals surface area (Å²) in [6.45, 7) is 2.69. The molecule has 1 aromatic rings. The van der Waals surface area contributed by atoms with Gasteiger partial charge in [0.05, 0.1) is 6.04 Å². The zero-order valence-corrected chi connectivity index (χ0v) is 8.69. The van der Waals surface area contributed by atoms with E-state index in [1.165, 1.54) is 0 Å². The lowest BCUT2D eigenvalue weighted by Crippen LogP contribution is -2.08. The molecule has 5 nitrogen and oxygen atoms in total. The zero-order chi connectivity index (χ0) is 10.4. The van der Waals surface area contributed by atoms with Crippen LogP contribution in [-0.2, 0) is 11.2 Å². The Morgan fingerprint density at radius 1 is 1.50 bits per heavy atom. The molecule has 0 amide bonds. The van der Waals surface area contributed by atoms with Crippen LogP contribution in [0.4, 0.5) is 0 Å². The predicted molar refractivity (Wildman–Crippen MR) is 51.7 cm³/mol. The first-order valence-corrected chi connectivity index (χ1v) is 4.84. The Hall–Kier alpha value is -0.940. The summed E-state index contributed by atoms with van der Waals surface area (Å²) >= 11 is 0. The van der Waals surface area contributed by atoms with Crippen LogP contribution in [0, 0.1) is 0 Å². The second-order valence-electron chi connectivity index (χ2n) is 3.15. The highest BCUT2D eigenvalue weighted by Gasteiger charge is 2.11. The van der Waals surface area contributed by atoms with E-state index in [1.54, 1.807) is 7.11 Å². The molecule has 0 radical (unpaired) electrons. The number of ether oxygens (including phenoxy) is 1. The van der Waals surface area contributed by atoms with Gasteiger partial charge in [0.1, 0.15) is 0 Å². The SMILES string of the molecule is CCC(N)c1nnc(CCCOC)o1. The van der Waals surface area contributed by atoms with Crippen molar-refractivity contribution in [3.05, 3.63) is 11.8 Å². The van der Waals surface area contributed by atoms with Crippen LogP contribution in [0.2, 0.25) is 0 Å². The lowest BCUT2D eigenvalue weighted by molar-refractivity contribution is 0.192. The van der Waals surface area contributed by atoms with Crippen molar-refractivity contribution in [2.45, 2.75) is 32.2 Å². The molecule has 0 fully saturated rings. The number of aryl methyl sites for hydroxylation is 1. The Morgan fingerprint density at radius 3 is 2.93 bits per heavy atom. The number of rotatable bonds is 6. The third kappa shape index (κ3) is 3.08. The first-order valence-electron chi connectivity index (χ1n) is 4.84. The third-order valence-corrected chi connectivity index (χ3v) is 1.98. The van der Waals surface area contributed by atoms with Gasteiger partial charge in [-0.05, 0) is 12.8 Å². The summed E-state index contributed by atoms with van der Waals surface area (Å²) in [7, 11) is 1.67. The van der Waals surface area contributed by atoms with E-state index in [9.17, 15) is 0 Å². The first kappa shape index (κ1) is 11.1. The molecule has 1 rings (SSSR count). The molecule has 1 atom stereocenters. The molecule has 14 heavy (non-hydrogen) atoms. The van der Waals surface area contributed by atoms with E-state index >= 15 is 0 Å². The van der Waals surface area contributed by atoms with Gasteiger partial charge in [-0.2, -0.15) is 0 Å². The third-order valence-electron chi connectivity index (χ3n) is 1.98. The average Bonchev–Trinajstić information content (AvgIpc) is 2.66. The van der Waals surface area contributed by atoms with Crippen molar-refractivity contribution >= 4 is 0 Å². The maximum atomic E-state index is 5.74. The van der Waals surface area contributed by atoms with Crippen LogP contribution < -0.4 is 5.73 Å². The first-order chi connectivity index (χ1) is 6.77. The molecule has 2 N–H and O–H groups in total. The normalized spacial score (nSPS) is 13.1. The van der Waals surface area contributed by atoms with Crippen molar-refractivity contribution in [1.82, 2.24) is 10.2 Å². The quantitative estimate of drug-likeness (QED) is 0.693. The molecule has 80 valence electrons. The second-order valence-corrected chi connectivity index (χ2v) is 3.15. The predicted octanol–water partition coefficient (Wildman–Crippen LogP) is 1.06. The lowest BCUT2D eigenvalue weighted by atomic mass is 10.2. The molecule has 0 aliphatic rings. The largest absolute Gasteiger partial charge is 0.424 e. The molecule has 1 unspecified atom stereocenters. The molecule has 0 saturated heterocycles. The molecule has 0 saturated carbocycles. The van der Waals surface area contributed by atoms with Gasteiger partial charge in [-0.1, -0.05) is 6.92 Å². The van der Waals surface area contributed by atoms with Gasteiger partial charge < -0.3 is 14.9 Å². The van der Waals surface area contributed by atoms with Crippen LogP contribution >= 0.6 is 0 Å². The van der Waals surface area contributed by atoms with Gasteiger partial charge in [0.2, 0.25) is 11.8 Å². The molecule has 0 aliphatic heterocycles. The Kier molecular flexibility index (Phi) is 4.55. The maximum absolute atomic E-state index is 5.74. The summed E-state index contributed by atoms with van der Waals surface area (Å²) in [5.41, 5.74) is 5.74. The van der Waals surface area contributed by atoms with Crippen molar-refractivity contribution in [3.8, 4) is 0 Å². The molecular weight excluding hydrogens is 182 g/mol. The van der Waals surface area contributed by atoms with Crippen molar-refractivity contribution in [3.63, 3.8) is 0 Å². The average molecular weight is 199 g/mol. The molecule has 5 heteroatoms.